The summed E-state index contributed by atoms with van der Waals surface area (Å²) < 4.78 is 38.0. The summed E-state index contributed by atoms with van der Waals surface area (Å²) in [5.74, 6) is -0.411. The molecule has 46 heteroatoms. The molecule has 3 aliphatic rings. The molecule has 11 aromatic rings. The van der Waals surface area contributed by atoms with Crippen molar-refractivity contribution in [2.75, 3.05) is 107 Å². The number of fused-ring (bicyclic) bond motifs is 6. The molecule has 5 atom stereocenters. The number of aryl methyl sites for hydroxylation is 2. The van der Waals surface area contributed by atoms with Gasteiger partial charge in [-0.1, -0.05) is 24.3 Å². The lowest BCUT2D eigenvalue weighted by Crippen LogP contribution is -2.24. The second-order valence-corrected chi connectivity index (χ2v) is 24.2. The second-order valence-electron chi connectivity index (χ2n) is 24.2. The molecular formula is C63H84FN27O18. The summed E-state index contributed by atoms with van der Waals surface area (Å²) in [7, 11) is 0. The van der Waals surface area contributed by atoms with Gasteiger partial charge in [0, 0.05) is 69.3 Å². The fraction of sp³-hybridized carbons (Fsp3) is 0.429. The monoisotopic (exact) mass is 1530 g/mol. The number of nitrogen functional groups attached to an aromatic ring is 5. The molecule has 1 saturated heterocycles. The van der Waals surface area contributed by atoms with Gasteiger partial charge in [0.2, 0.25) is 29.7 Å². The SMILES string of the molecule is Nc1nc2c(c(=O)[nH]1)CC=C2[C@@H](CO)c1ccccc1F.Nc1nc2c(ncn2CCC(CO)CO)c(=O)[nH]1.Nc1nc2c(ncn2COC(CO)CO)c(=O)[nH]1.Nc1nc2c(ncn2COCCO)c(=O)[nH]1.Nc1ncc2ncn(CCC(CO)CO)c2n1.OC[C@H]1O[C@@H](n2cnc3c2NC=NC[C@H]3O)CC1O. The zero-order valence-corrected chi connectivity index (χ0v) is 58.1. The van der Waals surface area contributed by atoms with Crippen LogP contribution in [0.1, 0.15) is 60.0 Å². The van der Waals surface area contributed by atoms with Crippen LogP contribution in [-0.4, -0.2) is 251 Å². The maximum absolute atomic E-state index is 14.0. The van der Waals surface area contributed by atoms with Crippen LogP contribution in [0.3, 0.4) is 0 Å². The van der Waals surface area contributed by atoms with Crippen molar-refractivity contribution in [1.29, 1.82) is 0 Å². The van der Waals surface area contributed by atoms with Crippen molar-refractivity contribution in [3.8, 4) is 0 Å². The number of H-pyrrole nitrogens is 4. The van der Waals surface area contributed by atoms with Gasteiger partial charge in [0.05, 0.1) is 102 Å². The van der Waals surface area contributed by atoms with Crippen LogP contribution in [0.5, 0.6) is 0 Å². The first-order chi connectivity index (χ1) is 52.6. The largest absolute Gasteiger partial charge is 0.396 e. The lowest BCUT2D eigenvalue weighted by atomic mass is 9.90. The Morgan fingerprint density at radius 2 is 1.15 bits per heavy atom. The van der Waals surface area contributed by atoms with E-state index in [-0.39, 0.29) is 167 Å². The summed E-state index contributed by atoms with van der Waals surface area (Å²) >= 11 is 0. The molecule has 0 bridgehead atoms. The Morgan fingerprint density at radius 3 is 1.70 bits per heavy atom. The van der Waals surface area contributed by atoms with E-state index < -0.39 is 47.9 Å². The number of rotatable bonds is 24. The Hall–Kier alpha value is -11.5. The molecule has 14 rings (SSSR count). The predicted octanol–water partition coefficient (Wildman–Crippen LogP) is -4.99. The molecule has 45 nitrogen and oxygen atoms in total. The number of nitrogens with zero attached hydrogens (tertiary/aromatic N) is 17. The molecular weight excluding hydrogens is 1440 g/mol. The molecule has 0 saturated carbocycles. The summed E-state index contributed by atoms with van der Waals surface area (Å²) in [5, 5.41) is 104. The van der Waals surface area contributed by atoms with Crippen LogP contribution >= 0.6 is 0 Å². The number of nitrogens with one attached hydrogen (secondary N) is 5. The fourth-order valence-corrected chi connectivity index (χ4v) is 11.1. The average molecular weight is 1530 g/mol. The van der Waals surface area contributed by atoms with Gasteiger partial charge in [0.1, 0.15) is 60.8 Å². The minimum absolute atomic E-state index is 0.00181. The van der Waals surface area contributed by atoms with Crippen LogP contribution < -0.4 is 56.2 Å². The fourth-order valence-electron chi connectivity index (χ4n) is 11.1. The average Bonchev–Trinajstić information content (AvgIpc) is 1.67. The Bertz CT molecular complexity index is 4990. The maximum Gasteiger partial charge on any atom is 0.280 e. The van der Waals surface area contributed by atoms with Crippen LogP contribution in [0, 0.1) is 17.7 Å². The molecule has 1 unspecified atom stereocenters. The Labute approximate surface area is 612 Å². The van der Waals surface area contributed by atoms with Crippen molar-refractivity contribution in [1.82, 2.24) is 97.6 Å². The summed E-state index contributed by atoms with van der Waals surface area (Å²) in [6, 6.07) is 6.25. The van der Waals surface area contributed by atoms with Crippen LogP contribution in [0.4, 0.5) is 39.9 Å². The van der Waals surface area contributed by atoms with E-state index in [4.69, 9.17) is 83.7 Å². The van der Waals surface area contributed by atoms with Gasteiger partial charge in [0.15, 0.2) is 39.1 Å². The zero-order valence-electron chi connectivity index (χ0n) is 58.1. The van der Waals surface area contributed by atoms with Crippen LogP contribution in [0.25, 0.3) is 50.2 Å². The number of aromatic amines is 4. The molecule has 10 aromatic heterocycles. The maximum atomic E-state index is 14.0. The van der Waals surface area contributed by atoms with E-state index in [9.17, 15) is 38.9 Å². The zero-order chi connectivity index (χ0) is 78.4. The number of allylic oxidation sites excluding steroid dienone is 1. The van der Waals surface area contributed by atoms with E-state index in [1.807, 2.05) is 4.57 Å². The Kier molecular flexibility index (Phi) is 29.1. The van der Waals surface area contributed by atoms with E-state index in [0.717, 1.165) is 0 Å². The minimum atomic E-state index is -0.762. The molecule has 12 heterocycles. The number of aliphatic hydroxyl groups excluding tert-OH is 11. The molecule has 2 aliphatic heterocycles. The van der Waals surface area contributed by atoms with Gasteiger partial charge in [-0.25, -0.2) is 39.3 Å². The van der Waals surface area contributed by atoms with Gasteiger partial charge in [-0.3, -0.25) is 57.8 Å². The van der Waals surface area contributed by atoms with E-state index in [1.54, 1.807) is 52.3 Å². The lowest BCUT2D eigenvalue weighted by molar-refractivity contribution is -0.0488. The first-order valence-corrected chi connectivity index (χ1v) is 33.5. The number of aliphatic hydroxyl groups is 11. The highest BCUT2D eigenvalue weighted by molar-refractivity contribution is 5.77. The molecule has 0 spiro atoms. The standard InChI is InChI=1S/C15H14FN3O2.C11H16N4O4.C10H15N5O3.C10H15N5O2.C9H13N5O4.C8H11N5O3/c16-12-4-2-1-3-8(12)11(7-20)9-5-6-10-13(9)18-15(17)19-14(10)21;16-3-8-6(17)1-9(19-8)15-5-14-10-7(18)2-12-4-13-11(10)15;11-10-13-8-7(9(18)14-10)12-5-15(8)2-1-6(3-16)4-17;11-10-12-3-8-9(14-10)15(6-13-8)2-1-7(4-16)5-17;10-9-12-7-6(8(17)13-9)11-3-14(7)4-18-5(1-15)2-16;9-8-11-6-5(7(15)12-8)10-3-13(6)4-16-2-1-14/h1-5,11,20H,6-7H2,(H3,17,18,19,21);4-9,16-18H,1-3H2,(H,12,13);5-6,16-17H,1-4H2,(H3,11,13,14,18);3,6-7,16-17H,1-2,4-5H2,(H2,11,12,14);3,5,15-16H,1-2,4H2,(H3,10,12,13,17);3,14H,1-2,4H2,(H3,9,11,12,15)/t11-;6?,7-,8-,9-;;;;/m01..../s1. The van der Waals surface area contributed by atoms with Crippen LogP contribution in [-0.2, 0) is 47.2 Å². The van der Waals surface area contributed by atoms with Crippen LogP contribution in [0.15, 0.2) is 92.3 Å². The predicted molar refractivity (Wildman–Crippen MR) is 387 cm³/mol. The number of benzene rings is 1. The number of aromatic nitrogens is 20. The third-order valence-electron chi connectivity index (χ3n) is 16.8. The summed E-state index contributed by atoms with van der Waals surface area (Å²) in [4.78, 5) is 104. The number of nitrogens with two attached hydrogens (primary N) is 5. The molecule has 0 radical (unpaired) electrons. The number of anilines is 6. The number of hydrogen-bond donors (Lipinski definition) is 21. The quantitative estimate of drug-likeness (QED) is 0.0252. The second kappa shape index (κ2) is 38.8. The van der Waals surface area contributed by atoms with E-state index >= 15 is 0 Å². The highest BCUT2D eigenvalue weighted by Crippen LogP contribution is 2.38. The molecule has 1 fully saturated rings. The van der Waals surface area contributed by atoms with Crippen molar-refractivity contribution in [2.24, 2.45) is 16.8 Å². The third-order valence-corrected chi connectivity index (χ3v) is 16.8. The lowest BCUT2D eigenvalue weighted by Gasteiger charge is -2.17. The summed E-state index contributed by atoms with van der Waals surface area (Å²) in [5.41, 5.74) is 31.4. The molecule has 0 amide bonds. The highest BCUT2D eigenvalue weighted by atomic mass is 19.1. The van der Waals surface area contributed by atoms with Gasteiger partial charge < -0.3 is 114 Å². The number of ether oxygens (including phenoxy) is 3. The van der Waals surface area contributed by atoms with Crippen molar-refractivity contribution in [3.05, 3.63) is 138 Å². The van der Waals surface area contributed by atoms with E-state index in [2.05, 4.69) is 85.1 Å². The summed E-state index contributed by atoms with van der Waals surface area (Å²) in [6.45, 7) is 0.331. The van der Waals surface area contributed by atoms with Gasteiger partial charge >= 0.3 is 0 Å². The van der Waals surface area contributed by atoms with Crippen LogP contribution in [0.2, 0.25) is 0 Å². The first-order valence-electron chi connectivity index (χ1n) is 33.5. The minimum Gasteiger partial charge on any atom is -0.396 e. The topological polar surface area (TPSA) is 703 Å². The Balaban J connectivity index is 0.000000151. The highest BCUT2D eigenvalue weighted by Gasteiger charge is 2.37. The van der Waals surface area contributed by atoms with Gasteiger partial charge in [-0.15, -0.1) is 0 Å². The number of imidazole rings is 5. The first kappa shape index (κ1) is 81.6. The van der Waals surface area contributed by atoms with E-state index in [0.29, 0.717) is 95.1 Å². The van der Waals surface area contributed by atoms with Gasteiger partial charge in [-0.05, 0) is 36.5 Å². The van der Waals surface area contributed by atoms with Crippen molar-refractivity contribution in [3.63, 3.8) is 0 Å². The van der Waals surface area contributed by atoms with Crippen molar-refractivity contribution >= 4 is 92.1 Å². The van der Waals surface area contributed by atoms with Crippen molar-refractivity contribution in [2.45, 2.75) is 88.8 Å². The summed E-state index contributed by atoms with van der Waals surface area (Å²) in [6.07, 6.45) is 11.2. The third kappa shape index (κ3) is 20.4. The molecule has 1 aliphatic carbocycles. The number of aliphatic imine (C=N–C) groups is 1. The number of hydrogen-bond acceptors (Lipinski definition) is 36. The van der Waals surface area contributed by atoms with Gasteiger partial charge in [0.25, 0.3) is 22.2 Å². The normalized spacial score (nSPS) is 15.9. The molecule has 1 aromatic carbocycles. The molecule has 26 N–H and O–H groups in total. The number of halogens is 1. The van der Waals surface area contributed by atoms with Crippen molar-refractivity contribution < 1.29 is 74.8 Å². The Morgan fingerprint density at radius 1 is 0.606 bits per heavy atom. The molecule has 586 valence electrons. The van der Waals surface area contributed by atoms with E-state index in [1.165, 1.54) is 40.5 Å². The smallest absolute Gasteiger partial charge is 0.280 e. The molecule has 109 heavy (non-hydrogen) atoms. The van der Waals surface area contributed by atoms with Gasteiger partial charge in [-0.2, -0.15) is 19.9 Å².